The van der Waals surface area contributed by atoms with Crippen molar-refractivity contribution < 1.29 is 4.79 Å². The highest BCUT2D eigenvalue weighted by Crippen LogP contribution is 2.32. The van der Waals surface area contributed by atoms with E-state index in [-0.39, 0.29) is 20.6 Å². The van der Waals surface area contributed by atoms with Crippen LogP contribution in [0.15, 0.2) is 18.3 Å². The van der Waals surface area contributed by atoms with Crippen LogP contribution in [-0.4, -0.2) is 28.4 Å². The quantitative estimate of drug-likeness (QED) is 0.645. The van der Waals surface area contributed by atoms with Gasteiger partial charge in [0, 0.05) is 23.7 Å². The standard InChI is InChI=1S/C17H18Cl3N3OS/c1-10-4-2-3-7-23(10)9-11-8-21-17(25-11)22-16(24)14-12(18)5-6-13(19)15(14)20/h5-6,8,10H,2-4,7,9H2,1H3,(H,21,22,24). The minimum absolute atomic E-state index is 0.144. The predicted octanol–water partition coefficient (Wildman–Crippen LogP) is 5.73. The third-order valence-corrected chi connectivity index (χ3v) is 6.36. The van der Waals surface area contributed by atoms with Crippen molar-refractivity contribution in [2.45, 2.75) is 38.8 Å². The first-order chi connectivity index (χ1) is 12.0. The number of piperidine rings is 1. The molecule has 0 bridgehead atoms. The molecule has 2 aromatic rings. The van der Waals surface area contributed by atoms with Crippen molar-refractivity contribution in [1.29, 1.82) is 0 Å². The molecule has 0 saturated carbocycles. The second kappa shape index (κ2) is 8.23. The molecule has 1 N–H and O–H groups in total. The molecule has 134 valence electrons. The molecular weight excluding hydrogens is 401 g/mol. The number of amides is 1. The second-order valence-electron chi connectivity index (χ2n) is 6.12. The summed E-state index contributed by atoms with van der Waals surface area (Å²) in [6.07, 6.45) is 5.57. The molecule has 1 aliphatic rings. The van der Waals surface area contributed by atoms with Gasteiger partial charge in [-0.05, 0) is 38.4 Å². The van der Waals surface area contributed by atoms with Gasteiger partial charge in [0.1, 0.15) is 0 Å². The van der Waals surface area contributed by atoms with Gasteiger partial charge < -0.3 is 0 Å². The first-order valence-corrected chi connectivity index (χ1v) is 10.0. The van der Waals surface area contributed by atoms with E-state index in [0.717, 1.165) is 18.0 Å². The number of hydrogen-bond acceptors (Lipinski definition) is 4. The van der Waals surface area contributed by atoms with Gasteiger partial charge in [-0.15, -0.1) is 11.3 Å². The van der Waals surface area contributed by atoms with Gasteiger partial charge in [-0.25, -0.2) is 4.98 Å². The lowest BCUT2D eigenvalue weighted by atomic mass is 10.0. The van der Waals surface area contributed by atoms with Crippen molar-refractivity contribution in [2.24, 2.45) is 0 Å². The lowest BCUT2D eigenvalue weighted by molar-refractivity contribution is 0.102. The maximum Gasteiger partial charge on any atom is 0.260 e. The summed E-state index contributed by atoms with van der Waals surface area (Å²) in [6.45, 7) is 4.22. The average molecular weight is 419 g/mol. The van der Waals surface area contributed by atoms with Gasteiger partial charge in [0.2, 0.25) is 0 Å². The summed E-state index contributed by atoms with van der Waals surface area (Å²) in [6, 6.07) is 3.69. The molecule has 1 unspecified atom stereocenters. The molecule has 3 rings (SSSR count). The van der Waals surface area contributed by atoms with E-state index >= 15 is 0 Å². The third kappa shape index (κ3) is 4.47. The first-order valence-electron chi connectivity index (χ1n) is 8.09. The number of benzene rings is 1. The van der Waals surface area contributed by atoms with Crippen LogP contribution in [0, 0.1) is 0 Å². The molecule has 2 heterocycles. The van der Waals surface area contributed by atoms with Crippen LogP contribution >= 0.6 is 46.1 Å². The molecule has 1 aromatic carbocycles. The number of carbonyl (C=O) groups is 1. The molecule has 8 heteroatoms. The van der Waals surface area contributed by atoms with E-state index < -0.39 is 5.91 Å². The number of nitrogens with zero attached hydrogens (tertiary/aromatic N) is 2. The molecule has 1 fully saturated rings. The number of carbonyl (C=O) groups excluding carboxylic acids is 1. The van der Waals surface area contributed by atoms with Gasteiger partial charge in [-0.3, -0.25) is 15.0 Å². The van der Waals surface area contributed by atoms with E-state index in [1.165, 1.54) is 30.6 Å². The predicted molar refractivity (Wildman–Crippen MR) is 105 cm³/mol. The van der Waals surface area contributed by atoms with Crippen molar-refractivity contribution in [1.82, 2.24) is 9.88 Å². The van der Waals surface area contributed by atoms with Crippen LogP contribution in [0.4, 0.5) is 5.13 Å². The lowest BCUT2D eigenvalue weighted by Gasteiger charge is -2.32. The third-order valence-electron chi connectivity index (χ3n) is 4.34. The van der Waals surface area contributed by atoms with Crippen LogP contribution in [-0.2, 0) is 6.54 Å². The van der Waals surface area contributed by atoms with Gasteiger partial charge in [-0.1, -0.05) is 41.2 Å². The Morgan fingerprint density at radius 1 is 1.32 bits per heavy atom. The maximum atomic E-state index is 12.5. The van der Waals surface area contributed by atoms with Gasteiger partial charge in [-0.2, -0.15) is 0 Å². The topological polar surface area (TPSA) is 45.2 Å². The molecule has 1 aliphatic heterocycles. The van der Waals surface area contributed by atoms with Gasteiger partial charge >= 0.3 is 0 Å². The summed E-state index contributed by atoms with van der Waals surface area (Å²) in [5, 5.41) is 3.97. The number of rotatable bonds is 4. The summed E-state index contributed by atoms with van der Waals surface area (Å²) < 4.78 is 0. The molecular formula is C17H18Cl3N3OS. The number of aromatic nitrogens is 1. The minimum atomic E-state index is -0.412. The first kappa shape index (κ1) is 18.9. The summed E-state index contributed by atoms with van der Waals surface area (Å²) >= 11 is 19.6. The Morgan fingerprint density at radius 3 is 2.84 bits per heavy atom. The average Bonchev–Trinajstić information content (AvgIpc) is 3.00. The fraction of sp³-hybridized carbons (Fsp3) is 0.412. The highest BCUT2D eigenvalue weighted by atomic mass is 35.5. The molecule has 1 saturated heterocycles. The fourth-order valence-electron chi connectivity index (χ4n) is 2.93. The molecule has 4 nitrogen and oxygen atoms in total. The summed E-state index contributed by atoms with van der Waals surface area (Å²) in [5.41, 5.74) is 0.164. The highest BCUT2D eigenvalue weighted by Gasteiger charge is 2.21. The SMILES string of the molecule is CC1CCCCN1Cc1cnc(NC(=O)c2c(Cl)ccc(Cl)c2Cl)s1. The fourth-order valence-corrected chi connectivity index (χ4v) is 4.46. The Labute approximate surface area is 166 Å². The van der Waals surface area contributed by atoms with Crippen LogP contribution in [0.1, 0.15) is 41.4 Å². The van der Waals surface area contributed by atoms with Crippen LogP contribution < -0.4 is 5.32 Å². The Bertz CT molecular complexity index is 780. The van der Waals surface area contributed by atoms with Gasteiger partial charge in [0.15, 0.2) is 5.13 Å². The maximum absolute atomic E-state index is 12.5. The van der Waals surface area contributed by atoms with E-state index in [1.54, 1.807) is 12.1 Å². The zero-order valence-corrected chi connectivity index (χ0v) is 16.8. The van der Waals surface area contributed by atoms with Crippen molar-refractivity contribution >= 4 is 57.2 Å². The lowest BCUT2D eigenvalue weighted by Crippen LogP contribution is -2.36. The second-order valence-corrected chi connectivity index (χ2v) is 8.43. The minimum Gasteiger partial charge on any atom is -0.298 e. The monoisotopic (exact) mass is 417 g/mol. The molecule has 0 aliphatic carbocycles. The van der Waals surface area contributed by atoms with E-state index in [2.05, 4.69) is 22.1 Å². The molecule has 1 amide bonds. The van der Waals surface area contributed by atoms with Crippen LogP contribution in [0.2, 0.25) is 15.1 Å². The Hall–Kier alpha value is -0.850. The zero-order chi connectivity index (χ0) is 18.0. The smallest absolute Gasteiger partial charge is 0.260 e. The zero-order valence-electron chi connectivity index (χ0n) is 13.7. The summed E-state index contributed by atoms with van der Waals surface area (Å²) in [4.78, 5) is 20.3. The van der Waals surface area contributed by atoms with Crippen molar-refractivity contribution in [2.75, 3.05) is 11.9 Å². The number of halogens is 3. The summed E-state index contributed by atoms with van der Waals surface area (Å²) in [7, 11) is 0. The molecule has 1 aromatic heterocycles. The van der Waals surface area contributed by atoms with Crippen LogP contribution in [0.3, 0.4) is 0 Å². The summed E-state index contributed by atoms with van der Waals surface area (Å²) in [5.74, 6) is -0.412. The van der Waals surface area contributed by atoms with Crippen LogP contribution in [0.5, 0.6) is 0 Å². The molecule has 1 atom stereocenters. The van der Waals surface area contributed by atoms with E-state index in [9.17, 15) is 4.79 Å². The van der Waals surface area contributed by atoms with Crippen molar-refractivity contribution in [3.8, 4) is 0 Å². The highest BCUT2D eigenvalue weighted by molar-refractivity contribution is 7.15. The van der Waals surface area contributed by atoms with Crippen molar-refractivity contribution in [3.05, 3.63) is 43.8 Å². The largest absolute Gasteiger partial charge is 0.298 e. The number of anilines is 1. The van der Waals surface area contributed by atoms with Gasteiger partial charge in [0.25, 0.3) is 5.91 Å². The number of nitrogens with one attached hydrogen (secondary N) is 1. The normalized spacial score (nSPS) is 18.3. The van der Waals surface area contributed by atoms with Gasteiger partial charge in [0.05, 0.1) is 20.6 Å². The Kier molecular flexibility index (Phi) is 6.23. The number of hydrogen-bond donors (Lipinski definition) is 1. The Balaban J connectivity index is 1.69. The number of thiazole rings is 1. The van der Waals surface area contributed by atoms with E-state index in [0.29, 0.717) is 11.2 Å². The van der Waals surface area contributed by atoms with Crippen molar-refractivity contribution in [3.63, 3.8) is 0 Å². The molecule has 0 radical (unpaired) electrons. The Morgan fingerprint density at radius 2 is 2.08 bits per heavy atom. The molecule has 25 heavy (non-hydrogen) atoms. The van der Waals surface area contributed by atoms with Crippen LogP contribution in [0.25, 0.3) is 0 Å². The molecule has 0 spiro atoms. The van der Waals surface area contributed by atoms with E-state index in [4.69, 9.17) is 34.8 Å². The van der Waals surface area contributed by atoms with E-state index in [1.807, 2.05) is 6.20 Å². The number of likely N-dealkylation sites (tertiary alicyclic amines) is 1.